The summed E-state index contributed by atoms with van der Waals surface area (Å²) in [6.07, 6.45) is 1.95. The fraction of sp³-hybridized carbons (Fsp3) is 0.125. The molecule has 1 aromatic carbocycles. The van der Waals surface area contributed by atoms with Crippen molar-refractivity contribution in [2.75, 3.05) is 11.6 Å². The van der Waals surface area contributed by atoms with E-state index < -0.39 is 0 Å². The van der Waals surface area contributed by atoms with E-state index in [0.717, 1.165) is 24.4 Å². The second kappa shape index (κ2) is 6.07. The summed E-state index contributed by atoms with van der Waals surface area (Å²) in [7, 11) is 0. The van der Waals surface area contributed by atoms with E-state index in [0.29, 0.717) is 13.3 Å². The molecule has 0 bridgehead atoms. The number of nitrogens with zero attached hydrogens (tertiary/aromatic N) is 3. The van der Waals surface area contributed by atoms with Crippen molar-refractivity contribution in [1.82, 2.24) is 4.57 Å². The van der Waals surface area contributed by atoms with Crippen molar-refractivity contribution in [3.05, 3.63) is 70.8 Å². The van der Waals surface area contributed by atoms with Gasteiger partial charge in [-0.1, -0.05) is 33.3 Å². The van der Waals surface area contributed by atoms with Crippen LogP contribution in [0.3, 0.4) is 0 Å². The summed E-state index contributed by atoms with van der Waals surface area (Å²) in [5, 5.41) is 2.01. The highest BCUT2D eigenvalue weighted by Gasteiger charge is 2.15. The maximum Gasteiger partial charge on any atom is 0.271 e. The molecule has 0 saturated carbocycles. The van der Waals surface area contributed by atoms with Crippen LogP contribution in [-0.4, -0.2) is 11.2 Å². The second-order valence-electron chi connectivity index (χ2n) is 5.10. The molecule has 3 aromatic rings. The van der Waals surface area contributed by atoms with Crippen molar-refractivity contribution in [3.63, 3.8) is 0 Å². The highest BCUT2D eigenvalue weighted by atomic mass is 79.9. The average Bonchev–Trinajstić information content (AvgIpc) is 3.17. The summed E-state index contributed by atoms with van der Waals surface area (Å²) in [5.74, 6) is 0. The van der Waals surface area contributed by atoms with Crippen LogP contribution in [0.15, 0.2) is 56.0 Å². The standard InChI is InChI=1S/C16H12BrN3OS2/c17-11-3-5-12(6-4-11)19-9-18-16-20(10-19)15(21)14(23-16)8-13-2-1-7-22-13/h1-8H,9-10H2/b14-8-. The van der Waals surface area contributed by atoms with Crippen molar-refractivity contribution >= 4 is 50.4 Å². The molecule has 0 radical (unpaired) electrons. The first kappa shape index (κ1) is 14.9. The average molecular weight is 406 g/mol. The Morgan fingerprint density at radius 1 is 1.22 bits per heavy atom. The predicted molar refractivity (Wildman–Crippen MR) is 98.7 cm³/mol. The van der Waals surface area contributed by atoms with E-state index in [1.165, 1.54) is 11.3 Å². The Bertz CT molecular complexity index is 1000. The molecule has 7 heteroatoms. The Labute approximate surface area is 148 Å². The van der Waals surface area contributed by atoms with Gasteiger partial charge in [0.2, 0.25) is 0 Å². The summed E-state index contributed by atoms with van der Waals surface area (Å²) in [6, 6.07) is 12.1. The van der Waals surface area contributed by atoms with Crippen molar-refractivity contribution < 1.29 is 0 Å². The quantitative estimate of drug-likeness (QED) is 0.656. The van der Waals surface area contributed by atoms with E-state index in [1.54, 1.807) is 15.9 Å². The van der Waals surface area contributed by atoms with Crippen molar-refractivity contribution in [1.29, 1.82) is 0 Å². The van der Waals surface area contributed by atoms with E-state index in [2.05, 4.69) is 25.8 Å². The van der Waals surface area contributed by atoms with Crippen LogP contribution in [-0.2, 0) is 6.67 Å². The number of benzene rings is 1. The van der Waals surface area contributed by atoms with Gasteiger partial charge in [-0.3, -0.25) is 9.36 Å². The van der Waals surface area contributed by atoms with E-state index in [9.17, 15) is 4.79 Å². The zero-order valence-corrected chi connectivity index (χ0v) is 15.2. The number of thiazole rings is 1. The molecule has 4 nitrogen and oxygen atoms in total. The third-order valence-electron chi connectivity index (χ3n) is 3.59. The minimum absolute atomic E-state index is 0.0314. The number of anilines is 1. The molecule has 3 heterocycles. The van der Waals surface area contributed by atoms with Crippen molar-refractivity contribution in [2.24, 2.45) is 4.99 Å². The van der Waals surface area contributed by atoms with Gasteiger partial charge in [0, 0.05) is 15.0 Å². The van der Waals surface area contributed by atoms with Gasteiger partial charge >= 0.3 is 0 Å². The highest BCUT2D eigenvalue weighted by Crippen LogP contribution is 2.19. The summed E-state index contributed by atoms with van der Waals surface area (Å²) >= 11 is 6.53. The lowest BCUT2D eigenvalue weighted by Crippen LogP contribution is -2.42. The largest absolute Gasteiger partial charge is 0.334 e. The molecule has 23 heavy (non-hydrogen) atoms. The lowest BCUT2D eigenvalue weighted by atomic mass is 10.3. The van der Waals surface area contributed by atoms with Gasteiger partial charge in [0.05, 0.1) is 4.53 Å². The monoisotopic (exact) mass is 405 g/mol. The van der Waals surface area contributed by atoms with E-state index in [4.69, 9.17) is 0 Å². The van der Waals surface area contributed by atoms with Crippen LogP contribution in [0.25, 0.3) is 6.08 Å². The van der Waals surface area contributed by atoms with Crippen LogP contribution in [0, 0.1) is 0 Å². The Kier molecular flexibility index (Phi) is 3.92. The zero-order valence-electron chi connectivity index (χ0n) is 12.0. The molecule has 1 aliphatic heterocycles. The number of fused-ring (bicyclic) bond motifs is 1. The van der Waals surface area contributed by atoms with Gasteiger partial charge in [-0.05, 0) is 41.8 Å². The molecule has 0 fully saturated rings. The van der Waals surface area contributed by atoms with E-state index in [-0.39, 0.29) is 5.56 Å². The number of thiophene rings is 1. The molecule has 116 valence electrons. The Balaban J connectivity index is 1.72. The maximum atomic E-state index is 12.6. The molecule has 0 spiro atoms. The van der Waals surface area contributed by atoms with Gasteiger partial charge in [0.1, 0.15) is 13.3 Å². The number of aromatic nitrogens is 1. The van der Waals surface area contributed by atoms with Crippen LogP contribution >= 0.6 is 38.6 Å². The zero-order chi connectivity index (χ0) is 15.8. The molecule has 0 amide bonds. The first-order valence-corrected chi connectivity index (χ1v) is 9.49. The fourth-order valence-corrected chi connectivity index (χ4v) is 4.38. The number of halogens is 1. The molecule has 4 rings (SSSR count). The van der Waals surface area contributed by atoms with Gasteiger partial charge in [0.25, 0.3) is 5.56 Å². The van der Waals surface area contributed by atoms with Crippen LogP contribution in [0.4, 0.5) is 5.69 Å². The second-order valence-corrected chi connectivity index (χ2v) is 8.00. The molecule has 0 unspecified atom stereocenters. The Morgan fingerprint density at radius 3 is 2.78 bits per heavy atom. The van der Waals surface area contributed by atoms with Crippen LogP contribution in [0.2, 0.25) is 0 Å². The normalized spacial score (nSPS) is 14.7. The van der Waals surface area contributed by atoms with Crippen molar-refractivity contribution in [3.8, 4) is 0 Å². The fourth-order valence-electron chi connectivity index (χ4n) is 2.43. The summed E-state index contributed by atoms with van der Waals surface area (Å²) in [5.41, 5.74) is 1.09. The molecular formula is C16H12BrN3OS2. The first-order valence-electron chi connectivity index (χ1n) is 7.00. The lowest BCUT2D eigenvalue weighted by molar-refractivity contribution is 0.569. The van der Waals surface area contributed by atoms with E-state index >= 15 is 0 Å². The van der Waals surface area contributed by atoms with Crippen LogP contribution < -0.4 is 19.8 Å². The summed E-state index contributed by atoms with van der Waals surface area (Å²) < 4.78 is 3.52. The third-order valence-corrected chi connectivity index (χ3v) is 5.98. The summed E-state index contributed by atoms with van der Waals surface area (Å²) in [6.45, 7) is 1.11. The molecular weight excluding hydrogens is 394 g/mol. The lowest BCUT2D eigenvalue weighted by Gasteiger charge is -2.25. The van der Waals surface area contributed by atoms with Gasteiger partial charge in [-0.2, -0.15) is 0 Å². The Morgan fingerprint density at radius 2 is 2.04 bits per heavy atom. The van der Waals surface area contributed by atoms with E-state index in [1.807, 2.05) is 47.9 Å². The number of rotatable bonds is 2. The minimum Gasteiger partial charge on any atom is -0.334 e. The number of hydrogen-bond acceptors (Lipinski definition) is 5. The minimum atomic E-state index is 0.0314. The SMILES string of the molecule is O=c1/c(=C/c2cccs2)sc2n1CN(c1ccc(Br)cc1)CN=2. The predicted octanol–water partition coefficient (Wildman–Crippen LogP) is 2.62. The molecule has 0 aliphatic carbocycles. The van der Waals surface area contributed by atoms with Gasteiger partial charge in [0.15, 0.2) is 4.80 Å². The van der Waals surface area contributed by atoms with Gasteiger partial charge in [-0.25, -0.2) is 4.99 Å². The molecule has 2 aromatic heterocycles. The third kappa shape index (κ3) is 2.91. The smallest absolute Gasteiger partial charge is 0.271 e. The molecule has 0 N–H and O–H groups in total. The number of hydrogen-bond donors (Lipinski definition) is 0. The highest BCUT2D eigenvalue weighted by molar-refractivity contribution is 9.10. The first-order chi connectivity index (χ1) is 11.2. The topological polar surface area (TPSA) is 37.6 Å². The van der Waals surface area contributed by atoms with Crippen LogP contribution in [0.5, 0.6) is 0 Å². The molecule has 0 saturated heterocycles. The van der Waals surface area contributed by atoms with Gasteiger partial charge in [-0.15, -0.1) is 11.3 Å². The van der Waals surface area contributed by atoms with Crippen molar-refractivity contribution in [2.45, 2.75) is 6.67 Å². The Hall–Kier alpha value is -1.70. The van der Waals surface area contributed by atoms with Crippen LogP contribution in [0.1, 0.15) is 4.88 Å². The van der Waals surface area contributed by atoms with Gasteiger partial charge < -0.3 is 4.90 Å². The summed E-state index contributed by atoms with van der Waals surface area (Å²) in [4.78, 5) is 21.2. The maximum absolute atomic E-state index is 12.6. The molecule has 0 atom stereocenters. The molecule has 1 aliphatic rings.